The van der Waals surface area contributed by atoms with Gasteiger partial charge in [-0.2, -0.15) is 0 Å². The third-order valence-electron chi connectivity index (χ3n) is 6.60. The van der Waals surface area contributed by atoms with Gasteiger partial charge < -0.3 is 14.8 Å². The van der Waals surface area contributed by atoms with Crippen molar-refractivity contribution in [2.75, 3.05) is 11.3 Å². The maximum Gasteiger partial charge on any atom is 0.264 e. The number of imidazole rings is 1. The van der Waals surface area contributed by atoms with Gasteiger partial charge in [0.15, 0.2) is 5.84 Å². The lowest BCUT2D eigenvalue weighted by Gasteiger charge is -2.25. The number of fused-ring (bicyclic) bond motifs is 1. The van der Waals surface area contributed by atoms with Crippen molar-refractivity contribution in [2.24, 2.45) is 5.10 Å². The number of sulfonamides is 1. The number of amidine groups is 1. The topological polar surface area (TPSA) is 115 Å². The van der Waals surface area contributed by atoms with Crippen LogP contribution in [0.1, 0.15) is 73.8 Å². The van der Waals surface area contributed by atoms with E-state index in [2.05, 4.69) is 10.0 Å². The average molecular weight is 597 g/mol. The summed E-state index contributed by atoms with van der Waals surface area (Å²) in [4.78, 5) is 16.9. The van der Waals surface area contributed by atoms with Gasteiger partial charge in [-0.15, -0.1) is 16.4 Å². The van der Waals surface area contributed by atoms with Crippen LogP contribution in [0, 0.1) is 6.92 Å². The summed E-state index contributed by atoms with van der Waals surface area (Å²) in [5.74, 6) is 2.01. The molecule has 202 valence electrons. The Hall–Kier alpha value is -2.60. The molecule has 1 atom stereocenters. The quantitative estimate of drug-likeness (QED) is 0.299. The molecular weight excluding hydrogens is 569 g/mol. The Morgan fingerprint density at radius 3 is 2.68 bits per heavy atom. The van der Waals surface area contributed by atoms with Crippen molar-refractivity contribution in [3.8, 4) is 5.75 Å². The molecule has 1 aromatic carbocycles. The third kappa shape index (κ3) is 5.16. The van der Waals surface area contributed by atoms with Crippen LogP contribution in [0.4, 0.5) is 5.69 Å². The van der Waals surface area contributed by atoms with Gasteiger partial charge in [-0.1, -0.05) is 43.0 Å². The first-order valence-corrected chi connectivity index (χ1v) is 15.4. The number of benzene rings is 1. The number of hydrogen-bond donors (Lipinski definition) is 2. The molecule has 5 rings (SSSR count). The van der Waals surface area contributed by atoms with Crippen LogP contribution in [0.5, 0.6) is 5.75 Å². The van der Waals surface area contributed by atoms with Crippen LogP contribution in [0.25, 0.3) is 0 Å². The van der Waals surface area contributed by atoms with Crippen LogP contribution < -0.4 is 14.8 Å². The molecule has 38 heavy (non-hydrogen) atoms. The number of rotatable bonds is 9. The van der Waals surface area contributed by atoms with E-state index < -0.39 is 16.1 Å². The lowest BCUT2D eigenvalue weighted by atomic mass is 10.1. The largest absolute Gasteiger partial charge is 0.493 e. The van der Waals surface area contributed by atoms with Crippen molar-refractivity contribution in [1.82, 2.24) is 15.0 Å². The number of anilines is 1. The Bertz CT molecular complexity index is 1510. The SMILES string of the molecule is CCCOc1ccc(NS(=O)(=O)c2cc(Cl)sc2Cl)cc1C1=Nn2c(C3CCCC3)nc(C)c2C(C=O)N1. The molecule has 1 unspecified atom stereocenters. The Kier molecular flexibility index (Phi) is 7.72. The third-order valence-corrected chi connectivity index (χ3v) is 9.74. The van der Waals surface area contributed by atoms with E-state index in [0.29, 0.717) is 29.4 Å². The normalized spacial score (nSPS) is 17.6. The highest BCUT2D eigenvalue weighted by Gasteiger charge is 2.33. The Morgan fingerprint density at radius 2 is 2.03 bits per heavy atom. The Labute approximate surface area is 235 Å². The molecule has 0 bridgehead atoms. The zero-order chi connectivity index (χ0) is 27.0. The fraction of sp³-hybridized carbons (Fsp3) is 0.400. The summed E-state index contributed by atoms with van der Waals surface area (Å²) in [6.45, 7) is 4.33. The number of aryl methyl sites for hydroxylation is 1. The number of aromatic nitrogens is 2. The number of carbonyl (C=O) groups excluding carboxylic acids is 1. The minimum absolute atomic E-state index is 0.0696. The van der Waals surface area contributed by atoms with Gasteiger partial charge in [0.1, 0.15) is 33.1 Å². The second-order valence-electron chi connectivity index (χ2n) is 9.29. The first kappa shape index (κ1) is 27.0. The van der Waals surface area contributed by atoms with Crippen molar-refractivity contribution in [3.63, 3.8) is 0 Å². The highest BCUT2D eigenvalue weighted by Crippen LogP contribution is 2.38. The fourth-order valence-corrected chi connectivity index (χ4v) is 8.07. The molecule has 0 radical (unpaired) electrons. The summed E-state index contributed by atoms with van der Waals surface area (Å²) in [5.41, 5.74) is 2.25. The minimum atomic E-state index is -4.01. The van der Waals surface area contributed by atoms with E-state index in [1.165, 1.54) is 6.07 Å². The van der Waals surface area contributed by atoms with Gasteiger partial charge in [0.25, 0.3) is 10.0 Å². The molecule has 9 nitrogen and oxygen atoms in total. The van der Waals surface area contributed by atoms with Crippen molar-refractivity contribution >= 4 is 62.4 Å². The summed E-state index contributed by atoms with van der Waals surface area (Å²) >= 11 is 13.0. The number of nitrogens with one attached hydrogen (secondary N) is 2. The van der Waals surface area contributed by atoms with Crippen molar-refractivity contribution in [3.05, 3.63) is 55.7 Å². The lowest BCUT2D eigenvalue weighted by molar-refractivity contribution is -0.109. The summed E-state index contributed by atoms with van der Waals surface area (Å²) in [6, 6.07) is 5.55. The smallest absolute Gasteiger partial charge is 0.264 e. The molecule has 3 aromatic rings. The molecule has 2 N–H and O–H groups in total. The molecule has 1 aliphatic heterocycles. The second kappa shape index (κ2) is 10.9. The first-order chi connectivity index (χ1) is 18.2. The molecule has 3 heterocycles. The monoisotopic (exact) mass is 595 g/mol. The number of ether oxygens (including phenoxy) is 1. The van der Waals surface area contributed by atoms with Crippen molar-refractivity contribution < 1.29 is 17.9 Å². The first-order valence-electron chi connectivity index (χ1n) is 12.4. The highest BCUT2D eigenvalue weighted by molar-refractivity contribution is 7.93. The number of nitrogens with zero attached hydrogens (tertiary/aromatic N) is 3. The van der Waals surface area contributed by atoms with Crippen LogP contribution in [-0.4, -0.2) is 36.8 Å². The maximum absolute atomic E-state index is 13.1. The van der Waals surface area contributed by atoms with Gasteiger partial charge in [0, 0.05) is 11.6 Å². The molecule has 0 spiro atoms. The highest BCUT2D eigenvalue weighted by atomic mass is 35.5. The summed E-state index contributed by atoms with van der Waals surface area (Å²) in [5, 5.41) is 8.07. The van der Waals surface area contributed by atoms with Gasteiger partial charge in [0.05, 0.1) is 27.9 Å². The van der Waals surface area contributed by atoms with E-state index in [0.717, 1.165) is 61.2 Å². The van der Waals surface area contributed by atoms with Crippen LogP contribution >= 0.6 is 34.5 Å². The molecule has 1 aliphatic carbocycles. The molecule has 1 saturated carbocycles. The predicted molar refractivity (Wildman–Crippen MR) is 149 cm³/mol. The van der Waals surface area contributed by atoms with E-state index in [4.69, 9.17) is 38.0 Å². The average Bonchev–Trinajstić information content (AvgIpc) is 3.62. The maximum atomic E-state index is 13.1. The number of carbonyl (C=O) groups is 1. The standard InChI is InChI=1S/C25H27Cl2N5O4S2/c1-3-10-36-19-9-8-16(31-38(34,35)20-12-21(26)37-23(20)27)11-17(19)24-29-18(13-33)22-14(2)28-25(32(22)30-24)15-6-4-5-7-15/h8-9,11-13,15,18,31H,3-7,10H2,1-2H3,(H,29,30). The molecule has 0 saturated heterocycles. The zero-order valence-electron chi connectivity index (χ0n) is 20.8. The summed E-state index contributed by atoms with van der Waals surface area (Å²) in [6.07, 6.45) is 5.92. The van der Waals surface area contributed by atoms with E-state index in [1.54, 1.807) is 22.9 Å². The molecular formula is C25H27Cl2N5O4S2. The van der Waals surface area contributed by atoms with Gasteiger partial charge in [-0.25, -0.2) is 18.1 Å². The van der Waals surface area contributed by atoms with Gasteiger partial charge in [0.2, 0.25) is 0 Å². The predicted octanol–water partition coefficient (Wildman–Crippen LogP) is 5.86. The zero-order valence-corrected chi connectivity index (χ0v) is 24.0. The summed E-state index contributed by atoms with van der Waals surface area (Å²) in [7, 11) is -4.01. The molecule has 2 aliphatic rings. The van der Waals surface area contributed by atoms with Crippen LogP contribution in [0.2, 0.25) is 8.67 Å². The van der Waals surface area contributed by atoms with E-state index in [1.807, 2.05) is 13.8 Å². The second-order valence-corrected chi connectivity index (χ2v) is 13.2. The van der Waals surface area contributed by atoms with E-state index >= 15 is 0 Å². The van der Waals surface area contributed by atoms with Crippen LogP contribution in [0.3, 0.4) is 0 Å². The van der Waals surface area contributed by atoms with Crippen molar-refractivity contribution in [1.29, 1.82) is 0 Å². The molecule has 1 fully saturated rings. The number of aldehydes is 1. The lowest BCUT2D eigenvalue weighted by Crippen LogP contribution is -2.37. The molecule has 0 amide bonds. The van der Waals surface area contributed by atoms with Crippen LogP contribution in [-0.2, 0) is 14.8 Å². The van der Waals surface area contributed by atoms with Gasteiger partial charge in [-0.3, -0.25) is 4.72 Å². The Balaban J connectivity index is 1.59. The molecule has 13 heteroatoms. The van der Waals surface area contributed by atoms with E-state index in [9.17, 15) is 13.2 Å². The number of halogens is 2. The van der Waals surface area contributed by atoms with Gasteiger partial charge >= 0.3 is 0 Å². The fourth-order valence-electron chi connectivity index (χ4n) is 4.87. The van der Waals surface area contributed by atoms with Crippen molar-refractivity contribution in [2.45, 2.75) is 62.8 Å². The van der Waals surface area contributed by atoms with Crippen LogP contribution in [0.15, 0.2) is 34.3 Å². The van der Waals surface area contributed by atoms with Gasteiger partial charge in [-0.05, 0) is 50.5 Å². The molecule has 2 aromatic heterocycles. The Morgan fingerprint density at radius 1 is 1.26 bits per heavy atom. The van der Waals surface area contributed by atoms with E-state index in [-0.39, 0.29) is 25.2 Å². The number of hydrogen-bond acceptors (Lipinski definition) is 8. The number of thiophene rings is 1. The summed E-state index contributed by atoms with van der Waals surface area (Å²) < 4.78 is 36.8. The minimum Gasteiger partial charge on any atom is -0.493 e.